The number of anilines is 1. The Morgan fingerprint density at radius 1 is 1.02 bits per heavy atom. The highest BCUT2D eigenvalue weighted by molar-refractivity contribution is 7.07. The summed E-state index contributed by atoms with van der Waals surface area (Å²) < 4.78 is 13.0. The van der Waals surface area contributed by atoms with Crippen molar-refractivity contribution in [3.8, 4) is 28.8 Å². The number of aromatic nitrogens is 1. The minimum Gasteiger partial charge on any atom is -0.495 e. The van der Waals surface area contributed by atoms with Crippen LogP contribution in [-0.4, -0.2) is 17.6 Å². The minimum atomic E-state index is -0.680. The average molecular weight is 588 g/mol. The van der Waals surface area contributed by atoms with Gasteiger partial charge in [0.1, 0.15) is 28.0 Å². The third-order valence-corrected chi connectivity index (χ3v) is 7.77. The van der Waals surface area contributed by atoms with Crippen molar-refractivity contribution in [1.82, 2.24) is 4.57 Å². The average Bonchev–Trinajstić information content (AvgIpc) is 3.56. The van der Waals surface area contributed by atoms with Gasteiger partial charge in [0.25, 0.3) is 11.5 Å². The lowest BCUT2D eigenvalue weighted by atomic mass is 10.2. The number of hydrogen-bond donors (Lipinski definition) is 1. The Balaban J connectivity index is 1.67. The van der Waals surface area contributed by atoms with Crippen molar-refractivity contribution < 1.29 is 13.9 Å². The van der Waals surface area contributed by atoms with E-state index in [9.17, 15) is 14.9 Å². The first-order valence-electron chi connectivity index (χ1n) is 11.8. The molecule has 1 amide bonds. The van der Waals surface area contributed by atoms with Crippen LogP contribution < -0.4 is 24.8 Å². The van der Waals surface area contributed by atoms with Gasteiger partial charge in [0.15, 0.2) is 5.57 Å². The van der Waals surface area contributed by atoms with Gasteiger partial charge in [-0.25, -0.2) is 0 Å². The number of methoxy groups -OCH3 is 1. The SMILES string of the molecule is COc1ccccc1NC(=O)C(C#N)=c1sc(=Cc2ccc(-c3cccc(Cl)c3Cl)o2)c(=O)n1-c1ccccc1. The van der Waals surface area contributed by atoms with Crippen LogP contribution in [0.2, 0.25) is 10.0 Å². The standard InChI is InChI=1S/C30H19Cl2N3O4S/c1-38-25-13-6-5-12-23(25)34-28(36)21(17-33)30-35(18-8-3-2-4-9-18)29(37)26(40-30)16-19-14-15-24(39-19)20-10-7-11-22(31)27(20)32/h2-16H,1H3,(H,34,36). The third kappa shape index (κ3) is 5.31. The fourth-order valence-corrected chi connectivity index (χ4v) is 5.46. The van der Waals surface area contributed by atoms with Gasteiger partial charge < -0.3 is 14.5 Å². The number of nitriles is 1. The molecule has 0 radical (unpaired) electrons. The van der Waals surface area contributed by atoms with Gasteiger partial charge in [-0.05, 0) is 48.5 Å². The van der Waals surface area contributed by atoms with Gasteiger partial charge in [0, 0.05) is 11.6 Å². The second-order valence-corrected chi connectivity index (χ2v) is 10.2. The van der Waals surface area contributed by atoms with Crippen molar-refractivity contribution in [3.63, 3.8) is 0 Å². The number of carbonyl (C=O) groups excluding carboxylic acids is 1. The predicted octanol–water partition coefficient (Wildman–Crippen LogP) is 5.62. The maximum Gasteiger partial charge on any atom is 0.273 e. The molecule has 0 saturated carbocycles. The number of nitrogens with one attached hydrogen (secondary N) is 1. The number of carbonyl (C=O) groups is 1. The van der Waals surface area contributed by atoms with Gasteiger partial charge in [0.05, 0.1) is 33.1 Å². The molecule has 10 heteroatoms. The fourth-order valence-electron chi connectivity index (χ4n) is 3.99. The zero-order valence-corrected chi connectivity index (χ0v) is 23.2. The summed E-state index contributed by atoms with van der Waals surface area (Å²) in [4.78, 5) is 27.0. The van der Waals surface area contributed by atoms with Crippen LogP contribution in [0.25, 0.3) is 28.7 Å². The summed E-state index contributed by atoms with van der Waals surface area (Å²) in [6.07, 6.45) is 1.56. The summed E-state index contributed by atoms with van der Waals surface area (Å²) in [5, 5.41) is 13.5. The van der Waals surface area contributed by atoms with Gasteiger partial charge in [0.2, 0.25) is 0 Å². The molecule has 0 spiro atoms. The normalized spacial score (nSPS) is 12.1. The van der Waals surface area contributed by atoms with Crippen LogP contribution in [0.1, 0.15) is 5.76 Å². The van der Waals surface area contributed by atoms with Crippen molar-refractivity contribution in [2.45, 2.75) is 0 Å². The molecule has 5 aromatic rings. The molecular weight excluding hydrogens is 569 g/mol. The number of amides is 1. The van der Waals surface area contributed by atoms with E-state index in [1.54, 1.807) is 84.9 Å². The minimum absolute atomic E-state index is 0.169. The molecule has 7 nitrogen and oxygen atoms in total. The number of benzene rings is 3. The fraction of sp³-hybridized carbons (Fsp3) is 0.0333. The highest BCUT2D eigenvalue weighted by Gasteiger charge is 2.19. The summed E-state index contributed by atoms with van der Waals surface area (Å²) in [6, 6.07) is 26.2. The molecule has 3 aromatic carbocycles. The Morgan fingerprint density at radius 3 is 2.52 bits per heavy atom. The molecule has 0 aliphatic carbocycles. The van der Waals surface area contributed by atoms with Crippen LogP contribution in [0.3, 0.4) is 0 Å². The molecule has 0 bridgehead atoms. The van der Waals surface area contributed by atoms with E-state index in [1.165, 1.54) is 11.7 Å². The lowest BCUT2D eigenvalue weighted by Gasteiger charge is -2.09. The molecule has 0 atom stereocenters. The first-order chi connectivity index (χ1) is 19.4. The predicted molar refractivity (Wildman–Crippen MR) is 158 cm³/mol. The van der Waals surface area contributed by atoms with Gasteiger partial charge in [-0.2, -0.15) is 5.26 Å². The highest BCUT2D eigenvalue weighted by atomic mass is 35.5. The molecular formula is C30H19Cl2N3O4S. The van der Waals surface area contributed by atoms with Crippen LogP contribution in [0.15, 0.2) is 94.1 Å². The van der Waals surface area contributed by atoms with Crippen molar-refractivity contribution in [3.05, 3.63) is 120 Å². The summed E-state index contributed by atoms with van der Waals surface area (Å²) in [6.45, 7) is 0. The molecule has 2 aromatic heterocycles. The first kappa shape index (κ1) is 27.0. The quantitative estimate of drug-likeness (QED) is 0.278. The summed E-state index contributed by atoms with van der Waals surface area (Å²) in [5.41, 5.74) is 0.852. The van der Waals surface area contributed by atoms with Crippen LogP contribution in [-0.2, 0) is 4.79 Å². The van der Waals surface area contributed by atoms with Gasteiger partial charge >= 0.3 is 0 Å². The van der Waals surface area contributed by atoms with Crippen LogP contribution in [0, 0.1) is 11.3 Å². The molecule has 1 N–H and O–H groups in total. The van der Waals surface area contributed by atoms with Crippen LogP contribution in [0.4, 0.5) is 5.69 Å². The van der Waals surface area contributed by atoms with Crippen molar-refractivity contribution in [1.29, 1.82) is 5.26 Å². The molecule has 0 unspecified atom stereocenters. The second-order valence-electron chi connectivity index (χ2n) is 8.34. The van der Waals surface area contributed by atoms with Gasteiger partial charge in [-0.3, -0.25) is 14.2 Å². The van der Waals surface area contributed by atoms with Crippen molar-refractivity contribution in [2.75, 3.05) is 12.4 Å². The molecule has 0 aliphatic rings. The molecule has 5 rings (SSSR count). The maximum atomic E-state index is 13.7. The summed E-state index contributed by atoms with van der Waals surface area (Å²) in [5.74, 6) is 0.607. The second kappa shape index (κ2) is 11.7. The molecule has 198 valence electrons. The first-order valence-corrected chi connectivity index (χ1v) is 13.4. The number of para-hydroxylation sites is 3. The third-order valence-electron chi connectivity index (χ3n) is 5.86. The highest BCUT2D eigenvalue weighted by Crippen LogP contribution is 2.34. The maximum absolute atomic E-state index is 13.7. The topological polar surface area (TPSA) is 97.3 Å². The number of rotatable bonds is 6. The number of hydrogen-bond acceptors (Lipinski definition) is 6. The molecule has 2 heterocycles. The van der Waals surface area contributed by atoms with Crippen molar-refractivity contribution in [2.24, 2.45) is 0 Å². The van der Waals surface area contributed by atoms with E-state index in [4.69, 9.17) is 32.4 Å². The summed E-state index contributed by atoms with van der Waals surface area (Å²) in [7, 11) is 1.48. The lowest BCUT2D eigenvalue weighted by Crippen LogP contribution is -2.32. The van der Waals surface area contributed by atoms with Crippen LogP contribution in [0.5, 0.6) is 5.75 Å². The lowest BCUT2D eigenvalue weighted by molar-refractivity contribution is -0.111. The Hall–Kier alpha value is -4.55. The van der Waals surface area contributed by atoms with E-state index in [1.807, 2.05) is 12.1 Å². The van der Waals surface area contributed by atoms with E-state index >= 15 is 0 Å². The van der Waals surface area contributed by atoms with E-state index in [2.05, 4.69) is 5.32 Å². The Labute approximate surface area is 242 Å². The molecule has 40 heavy (non-hydrogen) atoms. The number of halogens is 2. The van der Waals surface area contributed by atoms with Gasteiger partial charge in [-0.1, -0.05) is 59.6 Å². The summed E-state index contributed by atoms with van der Waals surface area (Å²) >= 11 is 13.5. The zero-order chi connectivity index (χ0) is 28.2. The molecule has 0 fully saturated rings. The number of thiazole rings is 1. The van der Waals surface area contributed by atoms with E-state index in [-0.39, 0.29) is 14.8 Å². The Kier molecular flexibility index (Phi) is 7.89. The Bertz CT molecular complexity index is 1950. The number of nitrogens with zero attached hydrogens (tertiary/aromatic N) is 2. The van der Waals surface area contributed by atoms with E-state index in [0.29, 0.717) is 44.3 Å². The van der Waals surface area contributed by atoms with Crippen LogP contribution >= 0.6 is 34.5 Å². The van der Waals surface area contributed by atoms with E-state index in [0.717, 1.165) is 11.3 Å². The largest absolute Gasteiger partial charge is 0.495 e. The van der Waals surface area contributed by atoms with Gasteiger partial charge in [-0.15, -0.1) is 11.3 Å². The monoisotopic (exact) mass is 587 g/mol. The number of furan rings is 1. The number of ether oxygens (including phenoxy) is 1. The van der Waals surface area contributed by atoms with Crippen molar-refractivity contribution >= 4 is 57.8 Å². The smallest absolute Gasteiger partial charge is 0.273 e. The zero-order valence-electron chi connectivity index (χ0n) is 20.9. The molecule has 0 aliphatic heterocycles. The molecule has 0 saturated heterocycles. The van der Waals surface area contributed by atoms with E-state index < -0.39 is 11.5 Å². The Morgan fingerprint density at radius 2 is 1.77 bits per heavy atom.